The van der Waals surface area contributed by atoms with Crippen LogP contribution in [0, 0.1) is 6.92 Å². The highest BCUT2D eigenvalue weighted by Gasteiger charge is 2.40. The molecule has 2 heterocycles. The van der Waals surface area contributed by atoms with Crippen LogP contribution in [0.2, 0.25) is 0 Å². The zero-order valence-corrected chi connectivity index (χ0v) is 19.5. The third-order valence-electron chi connectivity index (χ3n) is 4.40. The largest absolute Gasteiger partial charge is 0.481 e. The Morgan fingerprint density at radius 2 is 1.73 bits per heavy atom. The van der Waals surface area contributed by atoms with E-state index in [0.717, 1.165) is 38.4 Å². The van der Waals surface area contributed by atoms with Gasteiger partial charge in [0.2, 0.25) is 0 Å². The summed E-state index contributed by atoms with van der Waals surface area (Å²) in [6, 6.07) is 10.5. The van der Waals surface area contributed by atoms with E-state index in [2.05, 4.69) is 35.0 Å². The summed E-state index contributed by atoms with van der Waals surface area (Å²) in [5, 5.41) is 33.8. The second kappa shape index (κ2) is 14.3. The van der Waals surface area contributed by atoms with E-state index in [1.807, 2.05) is 29.7 Å². The standard InChI is InChI=1S/C16H22N2OS.C6H8O7/c1-14-7-8-16(20-14)13-18(10-5-11-19-2)12-15-6-3-4-9-17-15;7-3(8)1-6(13,5(11)12)2-4(9)10/h3-4,6-9H,5,10-13H2,1-2H3;13H,1-2H2,(H,7,8)(H,9,10)(H,11,12). The first-order valence-corrected chi connectivity index (χ1v) is 10.9. The minimum Gasteiger partial charge on any atom is -0.481 e. The molecule has 0 saturated carbocycles. The average molecular weight is 483 g/mol. The second-order valence-corrected chi connectivity index (χ2v) is 8.74. The summed E-state index contributed by atoms with van der Waals surface area (Å²) < 4.78 is 5.16. The van der Waals surface area contributed by atoms with Crippen LogP contribution in [0.25, 0.3) is 0 Å². The van der Waals surface area contributed by atoms with Gasteiger partial charge >= 0.3 is 17.9 Å². The molecule has 11 heteroatoms. The third-order valence-corrected chi connectivity index (χ3v) is 5.38. The predicted octanol–water partition coefficient (Wildman–Crippen LogP) is 2.24. The molecule has 4 N–H and O–H groups in total. The van der Waals surface area contributed by atoms with Crippen molar-refractivity contribution < 1.29 is 39.5 Å². The number of carbonyl (C=O) groups is 3. The maximum absolute atomic E-state index is 10.3. The van der Waals surface area contributed by atoms with Crippen molar-refractivity contribution in [2.24, 2.45) is 0 Å². The molecule has 0 amide bonds. The molecule has 33 heavy (non-hydrogen) atoms. The van der Waals surface area contributed by atoms with Gasteiger partial charge in [-0.15, -0.1) is 11.3 Å². The number of hydrogen-bond donors (Lipinski definition) is 4. The fourth-order valence-electron chi connectivity index (χ4n) is 2.87. The third kappa shape index (κ3) is 11.5. The Morgan fingerprint density at radius 1 is 1.06 bits per heavy atom. The van der Waals surface area contributed by atoms with Crippen LogP contribution in [-0.4, -0.2) is 74.1 Å². The van der Waals surface area contributed by atoms with E-state index in [4.69, 9.17) is 25.2 Å². The Labute approximate surface area is 196 Å². The predicted molar refractivity (Wildman–Crippen MR) is 121 cm³/mol. The van der Waals surface area contributed by atoms with Gasteiger partial charge < -0.3 is 25.2 Å². The topological polar surface area (TPSA) is 157 Å². The van der Waals surface area contributed by atoms with Crippen molar-refractivity contribution in [2.75, 3.05) is 20.3 Å². The zero-order chi connectivity index (χ0) is 24.9. The first-order valence-electron chi connectivity index (χ1n) is 10.1. The lowest BCUT2D eigenvalue weighted by atomic mass is 9.96. The number of methoxy groups -OCH3 is 1. The molecule has 0 fully saturated rings. The van der Waals surface area contributed by atoms with Crippen molar-refractivity contribution in [3.63, 3.8) is 0 Å². The first kappa shape index (κ1) is 28.2. The molecule has 10 nitrogen and oxygen atoms in total. The number of ether oxygens (including phenoxy) is 1. The first-order chi connectivity index (χ1) is 15.6. The van der Waals surface area contributed by atoms with Crippen molar-refractivity contribution in [2.45, 2.75) is 44.9 Å². The van der Waals surface area contributed by atoms with E-state index in [0.29, 0.717) is 0 Å². The molecule has 0 atom stereocenters. The highest BCUT2D eigenvalue weighted by atomic mass is 32.1. The van der Waals surface area contributed by atoms with Crippen molar-refractivity contribution in [1.82, 2.24) is 9.88 Å². The molecule has 2 rings (SSSR count). The van der Waals surface area contributed by atoms with Crippen molar-refractivity contribution in [1.29, 1.82) is 0 Å². The fraction of sp³-hybridized carbons (Fsp3) is 0.455. The minimum absolute atomic E-state index is 0.808. The molecular weight excluding hydrogens is 452 g/mol. The number of pyridine rings is 1. The number of carboxylic acids is 3. The number of aliphatic hydroxyl groups is 1. The van der Waals surface area contributed by atoms with E-state index in [-0.39, 0.29) is 0 Å². The van der Waals surface area contributed by atoms with Gasteiger partial charge in [-0.05, 0) is 37.6 Å². The Bertz CT molecular complexity index is 872. The van der Waals surface area contributed by atoms with E-state index >= 15 is 0 Å². The molecule has 0 aliphatic carbocycles. The summed E-state index contributed by atoms with van der Waals surface area (Å²) in [4.78, 5) is 40.1. The van der Waals surface area contributed by atoms with Crippen LogP contribution < -0.4 is 0 Å². The number of rotatable bonds is 13. The van der Waals surface area contributed by atoms with Crippen LogP contribution >= 0.6 is 11.3 Å². The molecule has 2 aromatic rings. The minimum atomic E-state index is -2.74. The summed E-state index contributed by atoms with van der Waals surface area (Å²) in [6.07, 6.45) is 0.620. The lowest BCUT2D eigenvalue weighted by molar-refractivity contribution is -0.170. The van der Waals surface area contributed by atoms with Gasteiger partial charge in [-0.3, -0.25) is 19.5 Å². The fourth-order valence-corrected chi connectivity index (χ4v) is 3.80. The number of nitrogens with zero attached hydrogens (tertiary/aromatic N) is 2. The Kier molecular flexibility index (Phi) is 12.2. The van der Waals surface area contributed by atoms with Crippen LogP contribution in [0.15, 0.2) is 36.5 Å². The van der Waals surface area contributed by atoms with E-state index in [9.17, 15) is 14.4 Å². The van der Waals surface area contributed by atoms with Gasteiger partial charge in [0.15, 0.2) is 5.60 Å². The molecule has 0 aliphatic rings. The maximum atomic E-state index is 10.3. The molecule has 0 bridgehead atoms. The zero-order valence-electron chi connectivity index (χ0n) is 18.6. The highest BCUT2D eigenvalue weighted by molar-refractivity contribution is 7.11. The molecular formula is C22H30N2O8S. The van der Waals surface area contributed by atoms with Crippen molar-refractivity contribution in [3.8, 4) is 0 Å². The molecule has 0 saturated heterocycles. The Morgan fingerprint density at radius 3 is 2.18 bits per heavy atom. The number of aliphatic carboxylic acids is 3. The van der Waals surface area contributed by atoms with Crippen LogP contribution in [0.4, 0.5) is 0 Å². The van der Waals surface area contributed by atoms with Gasteiger partial charge in [-0.2, -0.15) is 0 Å². The van der Waals surface area contributed by atoms with Crippen LogP contribution in [0.1, 0.15) is 34.7 Å². The van der Waals surface area contributed by atoms with Gasteiger partial charge in [0, 0.05) is 49.3 Å². The number of aromatic nitrogens is 1. The van der Waals surface area contributed by atoms with Gasteiger partial charge in [0.05, 0.1) is 18.5 Å². The van der Waals surface area contributed by atoms with Crippen molar-refractivity contribution >= 4 is 29.2 Å². The number of thiophene rings is 1. The number of aryl methyl sites for hydroxylation is 1. The molecule has 0 radical (unpaired) electrons. The maximum Gasteiger partial charge on any atom is 0.336 e. The van der Waals surface area contributed by atoms with Crippen LogP contribution in [0.5, 0.6) is 0 Å². The quantitative estimate of drug-likeness (QED) is 0.312. The van der Waals surface area contributed by atoms with Gasteiger partial charge in [-0.1, -0.05) is 6.07 Å². The molecule has 0 aromatic carbocycles. The average Bonchev–Trinajstić information content (AvgIpc) is 3.12. The summed E-state index contributed by atoms with van der Waals surface area (Å²) in [6.45, 7) is 5.87. The molecule has 2 aromatic heterocycles. The van der Waals surface area contributed by atoms with Crippen LogP contribution in [0.3, 0.4) is 0 Å². The molecule has 0 spiro atoms. The Balaban J connectivity index is 0.000000366. The lowest BCUT2D eigenvalue weighted by Gasteiger charge is -2.21. The van der Waals surface area contributed by atoms with Gasteiger partial charge in [0.25, 0.3) is 0 Å². The Hall–Kier alpha value is -2.86. The van der Waals surface area contributed by atoms with Crippen LogP contribution in [-0.2, 0) is 32.2 Å². The number of carboxylic acid groups (broad SMARTS) is 3. The highest BCUT2D eigenvalue weighted by Crippen LogP contribution is 2.18. The summed E-state index contributed by atoms with van der Waals surface area (Å²) in [5.41, 5.74) is -1.62. The van der Waals surface area contributed by atoms with Gasteiger partial charge in [0.1, 0.15) is 0 Å². The van der Waals surface area contributed by atoms with E-state index in [1.54, 1.807) is 7.11 Å². The second-order valence-electron chi connectivity index (χ2n) is 7.37. The lowest BCUT2D eigenvalue weighted by Crippen LogP contribution is -2.42. The van der Waals surface area contributed by atoms with Gasteiger partial charge in [-0.25, -0.2) is 4.79 Å². The SMILES string of the molecule is COCCCN(Cc1ccccn1)Cc1ccc(C)s1.O=C(O)CC(O)(CC(=O)O)C(=O)O. The normalized spacial score (nSPS) is 11.0. The van der Waals surface area contributed by atoms with E-state index in [1.165, 1.54) is 9.75 Å². The molecule has 182 valence electrons. The molecule has 0 aliphatic heterocycles. The smallest absolute Gasteiger partial charge is 0.336 e. The summed E-state index contributed by atoms with van der Waals surface area (Å²) >= 11 is 1.87. The summed E-state index contributed by atoms with van der Waals surface area (Å²) in [7, 11) is 1.76. The molecule has 0 unspecified atom stereocenters. The number of hydrogen-bond acceptors (Lipinski definition) is 8. The monoisotopic (exact) mass is 482 g/mol. The van der Waals surface area contributed by atoms with Crippen molar-refractivity contribution in [3.05, 3.63) is 52.0 Å². The van der Waals surface area contributed by atoms with E-state index < -0.39 is 36.4 Å². The summed E-state index contributed by atoms with van der Waals surface area (Å²) in [5.74, 6) is -5.02.